The highest BCUT2D eigenvalue weighted by atomic mass is 14.9. The summed E-state index contributed by atoms with van der Waals surface area (Å²) < 4.78 is 0. The molecule has 0 unspecified atom stereocenters. The molecule has 1 aliphatic rings. The van der Waals surface area contributed by atoms with Crippen LogP contribution >= 0.6 is 0 Å². The van der Waals surface area contributed by atoms with Crippen molar-refractivity contribution < 1.29 is 0 Å². The number of pyridine rings is 1. The number of nitrogens with zero attached hydrogens (tertiary/aromatic N) is 3. The molecule has 2 heterocycles. The smallest absolute Gasteiger partial charge is 0.160 e. The third kappa shape index (κ3) is 4.55. The van der Waals surface area contributed by atoms with Gasteiger partial charge in [-0.15, -0.1) is 0 Å². The monoisotopic (exact) mass is 537 g/mol. The van der Waals surface area contributed by atoms with Gasteiger partial charge in [0.2, 0.25) is 0 Å². The molecule has 0 amide bonds. The van der Waals surface area contributed by atoms with E-state index in [1.54, 1.807) is 0 Å². The van der Waals surface area contributed by atoms with Crippen LogP contribution in [0.3, 0.4) is 0 Å². The van der Waals surface area contributed by atoms with Crippen molar-refractivity contribution in [1.82, 2.24) is 15.0 Å². The number of hydrogen-bond acceptors (Lipinski definition) is 3. The van der Waals surface area contributed by atoms with E-state index < -0.39 is 0 Å². The molecule has 198 valence electrons. The van der Waals surface area contributed by atoms with Crippen LogP contribution in [-0.4, -0.2) is 15.0 Å². The molecule has 0 saturated carbocycles. The Morgan fingerprint density at radius 1 is 0.452 bits per heavy atom. The van der Waals surface area contributed by atoms with Crippen LogP contribution in [0.25, 0.3) is 72.9 Å². The zero-order chi connectivity index (χ0) is 27.9. The van der Waals surface area contributed by atoms with Crippen molar-refractivity contribution >= 4 is 27.8 Å². The van der Waals surface area contributed by atoms with Crippen molar-refractivity contribution in [3.8, 4) is 45.2 Å². The second kappa shape index (κ2) is 10.2. The van der Waals surface area contributed by atoms with Crippen molar-refractivity contribution in [2.24, 2.45) is 0 Å². The van der Waals surface area contributed by atoms with Gasteiger partial charge in [-0.2, -0.15) is 0 Å². The predicted octanol–water partition coefficient (Wildman–Crippen LogP) is 9.81. The molecule has 0 bridgehead atoms. The van der Waals surface area contributed by atoms with Crippen molar-refractivity contribution in [1.29, 1.82) is 0 Å². The third-order valence-electron chi connectivity index (χ3n) is 8.13. The van der Waals surface area contributed by atoms with Gasteiger partial charge >= 0.3 is 0 Å². The van der Waals surface area contributed by atoms with Gasteiger partial charge < -0.3 is 0 Å². The van der Waals surface area contributed by atoms with Crippen LogP contribution in [0, 0.1) is 0 Å². The average molecular weight is 538 g/mol. The molecule has 0 spiro atoms. The highest BCUT2D eigenvalue weighted by Gasteiger charge is 2.14. The van der Waals surface area contributed by atoms with Crippen LogP contribution in [0.1, 0.15) is 17.5 Å². The van der Waals surface area contributed by atoms with Crippen LogP contribution in [0.5, 0.6) is 0 Å². The van der Waals surface area contributed by atoms with E-state index in [1.165, 1.54) is 21.9 Å². The second-order valence-electron chi connectivity index (χ2n) is 10.8. The number of benzene rings is 5. The minimum Gasteiger partial charge on any atom is -0.248 e. The zero-order valence-corrected chi connectivity index (χ0v) is 23.0. The summed E-state index contributed by atoms with van der Waals surface area (Å²) in [4.78, 5) is 15.1. The highest BCUT2D eigenvalue weighted by Crippen LogP contribution is 2.32. The molecular formula is C39H27N3. The van der Waals surface area contributed by atoms with Gasteiger partial charge in [-0.05, 0) is 65.1 Å². The molecule has 2 aromatic heterocycles. The summed E-state index contributed by atoms with van der Waals surface area (Å²) in [6, 6.07) is 44.7. The number of para-hydroxylation sites is 1. The fraction of sp³-hybridized carbons (Fsp3) is 0.0513. The summed E-state index contributed by atoms with van der Waals surface area (Å²) in [6.07, 6.45) is 6.63. The predicted molar refractivity (Wildman–Crippen MR) is 174 cm³/mol. The fourth-order valence-electron chi connectivity index (χ4n) is 5.83. The molecule has 0 saturated heterocycles. The first-order valence-electron chi connectivity index (χ1n) is 14.4. The maximum atomic E-state index is 5.10. The lowest BCUT2D eigenvalue weighted by atomic mass is 9.95. The van der Waals surface area contributed by atoms with E-state index in [0.717, 1.165) is 68.9 Å². The largest absolute Gasteiger partial charge is 0.248 e. The summed E-state index contributed by atoms with van der Waals surface area (Å²) in [5, 5.41) is 3.56. The number of rotatable bonds is 4. The molecule has 7 aromatic rings. The summed E-state index contributed by atoms with van der Waals surface area (Å²) >= 11 is 0. The number of allylic oxidation sites excluding steroid dienone is 1. The Morgan fingerprint density at radius 3 is 1.98 bits per heavy atom. The summed E-state index contributed by atoms with van der Waals surface area (Å²) in [5.74, 6) is 0.734. The van der Waals surface area contributed by atoms with Gasteiger partial charge in [0.1, 0.15) is 0 Å². The minimum atomic E-state index is 0.734. The van der Waals surface area contributed by atoms with Crippen molar-refractivity contribution in [2.45, 2.75) is 12.8 Å². The molecule has 0 fully saturated rings. The van der Waals surface area contributed by atoms with Gasteiger partial charge in [0, 0.05) is 27.6 Å². The Hall–Kier alpha value is -5.41. The average Bonchev–Trinajstić information content (AvgIpc) is 3.07. The van der Waals surface area contributed by atoms with Gasteiger partial charge in [-0.3, -0.25) is 0 Å². The molecule has 5 aromatic carbocycles. The third-order valence-corrected chi connectivity index (χ3v) is 8.13. The van der Waals surface area contributed by atoms with E-state index in [9.17, 15) is 0 Å². The standard InChI is InChI=1S/C39H27N3/c1-3-10-31-23-33(19-13-26(31)7-1)38-25-37(41-39(42-38)34-20-14-27-8-2-4-11-32(27)24-34)30-17-15-29(16-18-30)36-22-21-28-9-5-6-12-35(28)40-36/h1,3-7,9-25H,2,8H2. The van der Waals surface area contributed by atoms with Gasteiger partial charge in [0.25, 0.3) is 0 Å². The minimum absolute atomic E-state index is 0.734. The van der Waals surface area contributed by atoms with E-state index in [-0.39, 0.29) is 0 Å². The Balaban J connectivity index is 1.23. The second-order valence-corrected chi connectivity index (χ2v) is 10.8. The first-order chi connectivity index (χ1) is 20.8. The molecule has 42 heavy (non-hydrogen) atoms. The molecule has 0 aliphatic heterocycles. The highest BCUT2D eigenvalue weighted by molar-refractivity contribution is 5.87. The maximum Gasteiger partial charge on any atom is 0.160 e. The first kappa shape index (κ1) is 24.4. The summed E-state index contributed by atoms with van der Waals surface area (Å²) in [7, 11) is 0. The normalized spacial score (nSPS) is 12.5. The number of aryl methyl sites for hydroxylation is 1. The number of aromatic nitrogens is 3. The van der Waals surface area contributed by atoms with E-state index in [4.69, 9.17) is 15.0 Å². The summed E-state index contributed by atoms with van der Waals surface area (Å²) in [6.45, 7) is 0. The molecule has 1 aliphatic carbocycles. The van der Waals surface area contributed by atoms with Crippen molar-refractivity contribution in [3.05, 3.63) is 145 Å². The van der Waals surface area contributed by atoms with Crippen molar-refractivity contribution in [2.75, 3.05) is 0 Å². The zero-order valence-electron chi connectivity index (χ0n) is 23.0. The summed E-state index contributed by atoms with van der Waals surface area (Å²) in [5.41, 5.74) is 10.6. The Labute approximate surface area is 244 Å². The van der Waals surface area contributed by atoms with E-state index in [0.29, 0.717) is 0 Å². The fourth-order valence-corrected chi connectivity index (χ4v) is 5.83. The van der Waals surface area contributed by atoms with E-state index in [2.05, 4.69) is 127 Å². The van der Waals surface area contributed by atoms with E-state index in [1.807, 2.05) is 12.1 Å². The van der Waals surface area contributed by atoms with Gasteiger partial charge in [0.15, 0.2) is 5.82 Å². The van der Waals surface area contributed by atoms with Gasteiger partial charge in [-0.1, -0.05) is 109 Å². The Morgan fingerprint density at radius 2 is 1.12 bits per heavy atom. The van der Waals surface area contributed by atoms with Crippen LogP contribution in [0.15, 0.2) is 133 Å². The van der Waals surface area contributed by atoms with E-state index >= 15 is 0 Å². The van der Waals surface area contributed by atoms with Crippen LogP contribution < -0.4 is 0 Å². The first-order valence-corrected chi connectivity index (χ1v) is 14.4. The SMILES string of the molecule is C1=Cc2cc(-c3nc(-c4ccc(-c5ccc6ccccc6n5)cc4)cc(-c4ccc5ccccc5c4)n3)ccc2CC1. The quantitative estimate of drug-likeness (QED) is 0.224. The molecule has 3 heteroatoms. The lowest BCUT2D eigenvalue weighted by molar-refractivity contribution is 0.985. The Kier molecular flexibility index (Phi) is 5.93. The molecule has 8 rings (SSSR count). The topological polar surface area (TPSA) is 38.7 Å². The molecule has 3 nitrogen and oxygen atoms in total. The van der Waals surface area contributed by atoms with Crippen molar-refractivity contribution in [3.63, 3.8) is 0 Å². The van der Waals surface area contributed by atoms with Gasteiger partial charge in [-0.25, -0.2) is 15.0 Å². The lowest BCUT2D eigenvalue weighted by Crippen LogP contribution is -1.98. The Bertz CT molecular complexity index is 2140. The lowest BCUT2D eigenvalue weighted by Gasteiger charge is -2.13. The van der Waals surface area contributed by atoms with Crippen LogP contribution in [-0.2, 0) is 6.42 Å². The number of fused-ring (bicyclic) bond motifs is 3. The molecule has 0 N–H and O–H groups in total. The molecular weight excluding hydrogens is 510 g/mol. The maximum absolute atomic E-state index is 5.10. The molecule has 0 radical (unpaired) electrons. The van der Waals surface area contributed by atoms with Crippen LogP contribution in [0.2, 0.25) is 0 Å². The number of hydrogen-bond donors (Lipinski definition) is 0. The van der Waals surface area contributed by atoms with Gasteiger partial charge in [0.05, 0.1) is 22.6 Å². The van der Waals surface area contributed by atoms with Crippen LogP contribution in [0.4, 0.5) is 0 Å². The molecule has 0 atom stereocenters.